The summed E-state index contributed by atoms with van der Waals surface area (Å²) < 4.78 is 10.8. The normalized spacial score (nSPS) is 14.0. The summed E-state index contributed by atoms with van der Waals surface area (Å²) in [6.07, 6.45) is 3.40. The summed E-state index contributed by atoms with van der Waals surface area (Å²) in [5.74, 6) is 2.78. The van der Waals surface area contributed by atoms with E-state index in [-0.39, 0.29) is 5.91 Å². The number of carbonyl (C=O) groups excluding carboxylic acids is 1. The van der Waals surface area contributed by atoms with E-state index in [1.165, 1.54) is 11.8 Å². The minimum Gasteiger partial charge on any atom is -0.497 e. The van der Waals surface area contributed by atoms with E-state index in [1.807, 2.05) is 30.3 Å². The summed E-state index contributed by atoms with van der Waals surface area (Å²) in [6.45, 7) is 3.93. The van der Waals surface area contributed by atoms with Gasteiger partial charge in [-0.2, -0.15) is 0 Å². The Hall–Kier alpha value is -3.30. The lowest BCUT2D eigenvalue weighted by molar-refractivity contribution is 0.102. The van der Waals surface area contributed by atoms with E-state index in [2.05, 4.69) is 32.1 Å². The van der Waals surface area contributed by atoms with Crippen molar-refractivity contribution in [2.75, 3.05) is 57.7 Å². The number of aromatic nitrogens is 2. The first-order valence-electron chi connectivity index (χ1n) is 11.1. The number of ether oxygens (including phenoxy) is 2. The highest BCUT2D eigenvalue weighted by Gasteiger charge is 2.17. The Morgan fingerprint density at radius 3 is 2.59 bits per heavy atom. The molecule has 0 unspecified atom stereocenters. The highest BCUT2D eigenvalue weighted by molar-refractivity contribution is 7.98. The lowest BCUT2D eigenvalue weighted by atomic mass is 10.2. The zero-order valence-corrected chi connectivity index (χ0v) is 20.5. The average Bonchev–Trinajstić information content (AvgIpc) is 2.88. The molecule has 1 saturated heterocycles. The van der Waals surface area contributed by atoms with Crippen molar-refractivity contribution in [1.82, 2.24) is 14.9 Å². The van der Waals surface area contributed by atoms with Crippen molar-refractivity contribution in [3.05, 3.63) is 66.0 Å². The Balaban J connectivity index is 1.42. The molecule has 0 saturated carbocycles. The molecule has 34 heavy (non-hydrogen) atoms. The zero-order valence-electron chi connectivity index (χ0n) is 19.7. The van der Waals surface area contributed by atoms with Gasteiger partial charge >= 0.3 is 0 Å². The quantitative estimate of drug-likeness (QED) is 0.489. The van der Waals surface area contributed by atoms with Gasteiger partial charge in [0.1, 0.15) is 22.3 Å². The minimum atomic E-state index is -0.216. The van der Waals surface area contributed by atoms with E-state index in [9.17, 15) is 4.79 Å². The maximum atomic E-state index is 13.0. The number of likely N-dealkylation sites (N-methyl/N-ethyl adjacent to an activating group) is 1. The molecule has 2 aromatic heterocycles. The van der Waals surface area contributed by atoms with Crippen LogP contribution in [-0.4, -0.2) is 68.2 Å². The number of nitrogens with one attached hydrogen (secondary N) is 1. The van der Waals surface area contributed by atoms with Gasteiger partial charge in [-0.15, -0.1) is 11.8 Å². The van der Waals surface area contributed by atoms with Gasteiger partial charge < -0.3 is 24.6 Å². The molecule has 1 aromatic carbocycles. The summed E-state index contributed by atoms with van der Waals surface area (Å²) >= 11 is 1.48. The second kappa shape index (κ2) is 11.2. The fourth-order valence-electron chi connectivity index (χ4n) is 3.68. The Morgan fingerprint density at radius 2 is 1.88 bits per heavy atom. The van der Waals surface area contributed by atoms with Gasteiger partial charge in [-0.1, -0.05) is 6.07 Å². The molecule has 4 rings (SSSR count). The summed E-state index contributed by atoms with van der Waals surface area (Å²) in [5, 5.41) is 3.60. The van der Waals surface area contributed by atoms with Crippen LogP contribution >= 0.6 is 11.8 Å². The molecular weight excluding hydrogens is 450 g/mol. The smallest absolute Gasteiger partial charge is 0.258 e. The van der Waals surface area contributed by atoms with Gasteiger partial charge in [0.2, 0.25) is 0 Å². The molecule has 9 heteroatoms. The van der Waals surface area contributed by atoms with Crippen LogP contribution < -0.4 is 19.7 Å². The fraction of sp³-hybridized carbons (Fsp3) is 0.320. The van der Waals surface area contributed by atoms with Gasteiger partial charge in [0.05, 0.1) is 31.7 Å². The topological polar surface area (TPSA) is 79.8 Å². The Kier molecular flexibility index (Phi) is 7.87. The molecule has 3 heterocycles. The maximum Gasteiger partial charge on any atom is 0.258 e. The molecule has 1 aliphatic rings. The lowest BCUT2D eigenvalue weighted by Crippen LogP contribution is -2.44. The van der Waals surface area contributed by atoms with E-state index >= 15 is 0 Å². The van der Waals surface area contributed by atoms with Crippen LogP contribution in [-0.2, 0) is 5.75 Å². The summed E-state index contributed by atoms with van der Waals surface area (Å²) in [5.41, 5.74) is 2.16. The van der Waals surface area contributed by atoms with Crippen LogP contribution in [0.25, 0.3) is 0 Å². The van der Waals surface area contributed by atoms with Crippen molar-refractivity contribution in [2.24, 2.45) is 0 Å². The van der Waals surface area contributed by atoms with Crippen LogP contribution in [0.5, 0.6) is 11.5 Å². The molecule has 0 radical (unpaired) electrons. The second-order valence-electron chi connectivity index (χ2n) is 7.97. The third kappa shape index (κ3) is 5.78. The second-order valence-corrected chi connectivity index (χ2v) is 8.94. The third-order valence-electron chi connectivity index (χ3n) is 5.71. The van der Waals surface area contributed by atoms with Crippen LogP contribution in [0, 0.1) is 0 Å². The van der Waals surface area contributed by atoms with Crippen molar-refractivity contribution < 1.29 is 14.3 Å². The van der Waals surface area contributed by atoms with Crippen LogP contribution in [0.4, 0.5) is 11.5 Å². The first kappa shape index (κ1) is 23.8. The van der Waals surface area contributed by atoms with Gasteiger partial charge in [0.25, 0.3) is 5.91 Å². The number of nitrogens with zero attached hydrogens (tertiary/aromatic N) is 4. The van der Waals surface area contributed by atoms with Gasteiger partial charge in [0, 0.05) is 49.8 Å². The third-order valence-corrected chi connectivity index (χ3v) is 6.76. The van der Waals surface area contributed by atoms with E-state index in [0.717, 1.165) is 49.1 Å². The highest BCUT2D eigenvalue weighted by Crippen LogP contribution is 2.31. The number of anilines is 2. The fourth-order valence-corrected chi connectivity index (χ4v) is 4.66. The number of thioether (sulfide) groups is 1. The first-order valence-corrected chi connectivity index (χ1v) is 12.1. The Labute approximate surface area is 204 Å². The van der Waals surface area contributed by atoms with Gasteiger partial charge in [-0.25, -0.2) is 9.97 Å². The molecule has 1 amide bonds. The predicted molar refractivity (Wildman–Crippen MR) is 135 cm³/mol. The van der Waals surface area contributed by atoms with Crippen LogP contribution in [0.2, 0.25) is 0 Å². The van der Waals surface area contributed by atoms with E-state index in [4.69, 9.17) is 9.47 Å². The van der Waals surface area contributed by atoms with Crippen LogP contribution in [0.1, 0.15) is 15.9 Å². The highest BCUT2D eigenvalue weighted by atomic mass is 32.2. The van der Waals surface area contributed by atoms with Crippen molar-refractivity contribution in [2.45, 2.75) is 10.8 Å². The Morgan fingerprint density at radius 1 is 1.06 bits per heavy atom. The lowest BCUT2D eigenvalue weighted by Gasteiger charge is -2.33. The number of pyridine rings is 2. The summed E-state index contributed by atoms with van der Waals surface area (Å²) in [4.78, 5) is 26.6. The molecule has 0 atom stereocenters. The summed E-state index contributed by atoms with van der Waals surface area (Å²) in [6, 6.07) is 13.1. The molecule has 3 aromatic rings. The molecule has 1 N–H and O–H groups in total. The number of carbonyl (C=O) groups is 1. The predicted octanol–water partition coefficient (Wildman–Crippen LogP) is 3.79. The Bertz CT molecular complexity index is 1120. The van der Waals surface area contributed by atoms with Crippen molar-refractivity contribution in [1.29, 1.82) is 0 Å². The summed E-state index contributed by atoms with van der Waals surface area (Å²) in [7, 11) is 5.38. The van der Waals surface area contributed by atoms with Crippen LogP contribution in [0.3, 0.4) is 0 Å². The number of methoxy groups -OCH3 is 2. The number of hydrogen-bond donors (Lipinski definition) is 1. The van der Waals surface area contributed by atoms with Gasteiger partial charge in [-0.3, -0.25) is 4.79 Å². The SMILES string of the molecule is COc1ccc(CSc2ncccc2C(=O)Nc2ccc(N3CCN(C)CC3)nc2)c(OC)c1. The molecule has 178 valence electrons. The zero-order chi connectivity index (χ0) is 23.9. The number of hydrogen-bond acceptors (Lipinski definition) is 8. The largest absolute Gasteiger partial charge is 0.497 e. The van der Waals surface area contributed by atoms with Gasteiger partial charge in [0.15, 0.2) is 0 Å². The van der Waals surface area contributed by atoms with Crippen molar-refractivity contribution >= 4 is 29.2 Å². The van der Waals surface area contributed by atoms with E-state index in [1.54, 1.807) is 38.7 Å². The maximum absolute atomic E-state index is 13.0. The first-order chi connectivity index (χ1) is 16.6. The van der Waals surface area contributed by atoms with Gasteiger partial charge in [-0.05, 0) is 37.4 Å². The molecule has 1 aliphatic heterocycles. The molecule has 0 spiro atoms. The van der Waals surface area contributed by atoms with Crippen molar-refractivity contribution in [3.8, 4) is 11.5 Å². The molecule has 1 fully saturated rings. The standard InChI is InChI=1S/C25H29N5O3S/c1-29-11-13-30(14-12-29)23-9-7-19(16-27-23)28-24(31)21-5-4-10-26-25(21)34-17-18-6-8-20(32-2)15-22(18)33-3/h4-10,15-16H,11-14,17H2,1-3H3,(H,28,31). The molecule has 8 nitrogen and oxygen atoms in total. The number of piperazine rings is 1. The monoisotopic (exact) mass is 479 g/mol. The number of amides is 1. The van der Waals surface area contributed by atoms with E-state index < -0.39 is 0 Å². The number of rotatable bonds is 8. The molecular formula is C25H29N5O3S. The number of benzene rings is 1. The molecule has 0 bridgehead atoms. The average molecular weight is 480 g/mol. The van der Waals surface area contributed by atoms with E-state index in [0.29, 0.717) is 22.0 Å². The van der Waals surface area contributed by atoms with Crippen molar-refractivity contribution in [3.63, 3.8) is 0 Å². The molecule has 0 aliphatic carbocycles. The minimum absolute atomic E-state index is 0.216. The van der Waals surface area contributed by atoms with Crippen LogP contribution in [0.15, 0.2) is 59.9 Å².